The molecule has 3 aromatic heterocycles. The van der Waals surface area contributed by atoms with Crippen molar-refractivity contribution >= 4 is 62.4 Å². The number of fused-ring (bicyclic) bond motifs is 8. The molecule has 6 rings (SSSR count). The molecule has 4 aromatic rings. The summed E-state index contributed by atoms with van der Waals surface area (Å²) in [5.74, 6) is -1.80. The summed E-state index contributed by atoms with van der Waals surface area (Å²) < 4.78 is 0. The number of aryl methyl sites for hydroxylation is 3. The minimum atomic E-state index is -0.898. The molecule has 2 aliphatic rings. The molecule has 0 aliphatic carbocycles. The predicted molar refractivity (Wildman–Crippen MR) is 192 cm³/mol. The molecule has 252 valence electrons. The van der Waals surface area contributed by atoms with Crippen molar-refractivity contribution in [2.24, 2.45) is 0 Å². The van der Waals surface area contributed by atoms with Gasteiger partial charge in [0.15, 0.2) is 0 Å². The number of aliphatic carboxylic acids is 2. The van der Waals surface area contributed by atoms with E-state index in [1.54, 1.807) is 12.2 Å². The van der Waals surface area contributed by atoms with Gasteiger partial charge in [0, 0.05) is 35.5 Å². The number of aromatic nitrogens is 4. The zero-order valence-corrected chi connectivity index (χ0v) is 29.1. The first-order valence-electron chi connectivity index (χ1n) is 15.7. The van der Waals surface area contributed by atoms with Crippen LogP contribution in [0.1, 0.15) is 78.1 Å². The normalized spacial score (nSPS) is 12.2. The van der Waals surface area contributed by atoms with Crippen LogP contribution in [0, 0.1) is 19.9 Å². The molecule has 0 atom stereocenters. The summed E-state index contributed by atoms with van der Waals surface area (Å²) in [7, 11) is 0. The Labute approximate surface area is 296 Å². The second kappa shape index (κ2) is 15.8. The maximum atomic E-state index is 11.5. The molecule has 0 spiro atoms. The Kier molecular flexibility index (Phi) is 11.8. The number of carboxylic acid groups (broad SMARTS) is 2. The van der Waals surface area contributed by atoms with E-state index in [1.165, 1.54) is 0 Å². The van der Waals surface area contributed by atoms with Gasteiger partial charge < -0.3 is 20.2 Å². The smallest absolute Gasteiger partial charge is 0.303 e. The molecular weight excluding hydrogens is 656 g/mol. The number of carbonyl (C=O) groups is 2. The van der Waals surface area contributed by atoms with Crippen LogP contribution < -0.4 is 9.97 Å². The SMILES string of the molecule is C=CC1=C(C)c2cc3[n-]c(cc4nc(cc5[n-]c(cc1n2)c(C)c5CCC(=O)O)C(CCC(=O)O)=C4C)c(C)c3C=C.[Fe].[c-]1ccccc1. The van der Waals surface area contributed by atoms with Crippen LogP contribution in [0.5, 0.6) is 0 Å². The molecule has 2 aliphatic heterocycles. The fourth-order valence-corrected chi connectivity index (χ4v) is 5.95. The van der Waals surface area contributed by atoms with Gasteiger partial charge in [-0.25, -0.2) is 9.97 Å². The summed E-state index contributed by atoms with van der Waals surface area (Å²) in [6.07, 6.45) is 4.06. The molecule has 1 aromatic carbocycles. The van der Waals surface area contributed by atoms with E-state index in [0.717, 1.165) is 61.3 Å². The molecule has 49 heavy (non-hydrogen) atoms. The van der Waals surface area contributed by atoms with Crippen LogP contribution in [-0.4, -0.2) is 32.1 Å². The van der Waals surface area contributed by atoms with E-state index in [4.69, 9.17) is 19.9 Å². The van der Waals surface area contributed by atoms with Crippen LogP contribution >= 0.6 is 0 Å². The summed E-state index contributed by atoms with van der Waals surface area (Å²) >= 11 is 0. The topological polar surface area (TPSA) is 129 Å². The van der Waals surface area contributed by atoms with Crippen LogP contribution in [0.2, 0.25) is 0 Å². The van der Waals surface area contributed by atoms with Crippen molar-refractivity contribution in [2.45, 2.75) is 53.4 Å². The standard InChI is InChI=1S/C34H34N4O4.C6H5.Fe/c1-7-21-17(3)25-13-26-19(5)23(9-11-33(39)40)31(37-26)16-32-24(10-12-34(41)42)20(6)28(38-32)15-30-22(8-2)18(4)27(36-30)14-29(21)35-25;1-2-4-6-5-3-1;/h7-8,13-16H,1-2,9-12H2,3-6H3,(H4,35,36,37,38,39,40,41,42);1-5H;/q;-1;/p-2. The van der Waals surface area contributed by atoms with E-state index in [9.17, 15) is 19.8 Å². The molecule has 0 fully saturated rings. The van der Waals surface area contributed by atoms with Gasteiger partial charge in [-0.3, -0.25) is 9.59 Å². The second-order valence-electron chi connectivity index (χ2n) is 11.7. The van der Waals surface area contributed by atoms with Crippen molar-refractivity contribution < 1.29 is 36.9 Å². The minimum Gasteiger partial charge on any atom is -0.657 e. The predicted octanol–water partition coefficient (Wildman–Crippen LogP) is 8.25. The van der Waals surface area contributed by atoms with E-state index < -0.39 is 11.9 Å². The third-order valence-corrected chi connectivity index (χ3v) is 8.67. The van der Waals surface area contributed by atoms with Crippen molar-refractivity contribution in [3.8, 4) is 0 Å². The van der Waals surface area contributed by atoms with Gasteiger partial charge in [-0.05, 0) is 62.8 Å². The van der Waals surface area contributed by atoms with Gasteiger partial charge in [0.05, 0.1) is 22.8 Å². The fourth-order valence-electron chi connectivity index (χ4n) is 5.95. The summed E-state index contributed by atoms with van der Waals surface area (Å²) in [5.41, 5.74) is 12.6. The zero-order chi connectivity index (χ0) is 34.5. The van der Waals surface area contributed by atoms with Crippen molar-refractivity contribution in [1.29, 1.82) is 0 Å². The average molecular weight is 694 g/mol. The Morgan fingerprint density at radius 2 is 1.27 bits per heavy atom. The summed E-state index contributed by atoms with van der Waals surface area (Å²) in [4.78, 5) is 42.7. The maximum absolute atomic E-state index is 11.5. The fraction of sp³-hybridized carbons (Fsp3) is 0.200. The van der Waals surface area contributed by atoms with Crippen molar-refractivity contribution in [1.82, 2.24) is 19.9 Å². The minimum absolute atomic E-state index is 0. The molecule has 8 bridgehead atoms. The Balaban J connectivity index is 0.000000698. The number of hydrogen-bond acceptors (Lipinski definition) is 4. The molecule has 9 heteroatoms. The van der Waals surface area contributed by atoms with Gasteiger partial charge in [-0.2, -0.15) is 36.4 Å². The first-order valence-corrected chi connectivity index (χ1v) is 15.7. The average Bonchev–Trinajstić information content (AvgIpc) is 3.72. The number of allylic oxidation sites excluding steroid dienone is 5. The van der Waals surface area contributed by atoms with Gasteiger partial charge in [-0.15, -0.1) is 22.1 Å². The Hall–Kier alpha value is -5.24. The number of hydrogen-bond donors (Lipinski definition) is 2. The molecular formula is C40H37FeN4O4-3. The summed E-state index contributed by atoms with van der Waals surface area (Å²) in [6, 6.07) is 20.1. The first kappa shape index (κ1) is 36.6. The van der Waals surface area contributed by atoms with E-state index in [1.807, 2.05) is 82.3 Å². The summed E-state index contributed by atoms with van der Waals surface area (Å²) in [5, 5.41) is 18.9. The molecule has 0 unspecified atom stereocenters. The summed E-state index contributed by atoms with van der Waals surface area (Å²) in [6.45, 7) is 15.9. The van der Waals surface area contributed by atoms with E-state index >= 15 is 0 Å². The largest absolute Gasteiger partial charge is 0.657 e. The van der Waals surface area contributed by atoms with Crippen molar-refractivity contribution in [3.05, 3.63) is 125 Å². The van der Waals surface area contributed by atoms with Crippen LogP contribution in [0.4, 0.5) is 0 Å². The van der Waals surface area contributed by atoms with E-state index in [-0.39, 0.29) is 29.9 Å². The molecule has 0 saturated heterocycles. The van der Waals surface area contributed by atoms with Crippen LogP contribution in [0.25, 0.3) is 50.4 Å². The molecule has 0 saturated carbocycles. The van der Waals surface area contributed by atoms with Gasteiger partial charge in [0.1, 0.15) is 0 Å². The molecule has 0 amide bonds. The molecule has 2 N–H and O–H groups in total. The Morgan fingerprint density at radius 1 is 0.714 bits per heavy atom. The third-order valence-electron chi connectivity index (χ3n) is 8.67. The van der Waals surface area contributed by atoms with E-state index in [0.29, 0.717) is 41.0 Å². The molecule has 5 heterocycles. The van der Waals surface area contributed by atoms with Gasteiger partial charge in [-0.1, -0.05) is 66.3 Å². The van der Waals surface area contributed by atoms with E-state index in [2.05, 4.69) is 19.2 Å². The van der Waals surface area contributed by atoms with Gasteiger partial charge in [0.2, 0.25) is 0 Å². The number of nitrogens with zero attached hydrogens (tertiary/aromatic N) is 4. The van der Waals surface area contributed by atoms with Crippen LogP contribution in [0.3, 0.4) is 0 Å². The Bertz CT molecular complexity index is 2140. The quantitative estimate of drug-likeness (QED) is 0.140. The van der Waals surface area contributed by atoms with Gasteiger partial charge in [0.25, 0.3) is 0 Å². The maximum Gasteiger partial charge on any atom is 0.303 e. The molecule has 0 radical (unpaired) electrons. The second-order valence-corrected chi connectivity index (χ2v) is 11.7. The number of rotatable bonds is 8. The van der Waals surface area contributed by atoms with Crippen molar-refractivity contribution in [2.75, 3.05) is 0 Å². The van der Waals surface area contributed by atoms with Crippen LogP contribution in [-0.2, 0) is 33.1 Å². The van der Waals surface area contributed by atoms with Crippen LogP contribution in [0.15, 0.2) is 73.8 Å². The third kappa shape index (κ3) is 7.91. The van der Waals surface area contributed by atoms with Gasteiger partial charge >= 0.3 is 11.9 Å². The first-order chi connectivity index (χ1) is 23.0. The number of benzene rings is 1. The Morgan fingerprint density at radius 3 is 1.86 bits per heavy atom. The zero-order valence-electron chi connectivity index (χ0n) is 27.9. The molecule has 8 nitrogen and oxygen atoms in total. The van der Waals surface area contributed by atoms with Crippen molar-refractivity contribution in [3.63, 3.8) is 0 Å². The number of carboxylic acids is 2. The monoisotopic (exact) mass is 693 g/mol.